The second kappa shape index (κ2) is 4.41. The maximum atomic E-state index is 9.18. The second-order valence-electron chi connectivity index (χ2n) is 3.42. The van der Waals surface area contributed by atoms with E-state index >= 15 is 0 Å². The number of nitrogens with two attached hydrogens (primary N) is 1. The molecule has 1 fully saturated rings. The Labute approximate surface area is 87.7 Å². The van der Waals surface area contributed by atoms with Crippen molar-refractivity contribution in [2.45, 2.75) is 6.04 Å². The number of anilines is 2. The number of ether oxygens (including phenoxy) is 1. The number of hydrogen-bond acceptors (Lipinski definition) is 6. The molecule has 0 radical (unpaired) electrons. The van der Waals surface area contributed by atoms with Crippen molar-refractivity contribution in [2.24, 2.45) is 0 Å². The maximum absolute atomic E-state index is 9.18. The van der Waals surface area contributed by atoms with Crippen LogP contribution in [-0.4, -0.2) is 47.7 Å². The van der Waals surface area contributed by atoms with Crippen LogP contribution in [0.25, 0.3) is 0 Å². The summed E-state index contributed by atoms with van der Waals surface area (Å²) in [5.74, 6) is 1.12. The molecule has 1 aliphatic heterocycles. The molecular weight excluding hydrogens is 196 g/mol. The highest BCUT2D eigenvalue weighted by atomic mass is 16.5. The molecule has 0 amide bonds. The van der Waals surface area contributed by atoms with Crippen LogP contribution in [0.3, 0.4) is 0 Å². The third-order valence-electron chi connectivity index (χ3n) is 2.40. The van der Waals surface area contributed by atoms with Gasteiger partial charge in [0.05, 0.1) is 25.9 Å². The van der Waals surface area contributed by atoms with Crippen molar-refractivity contribution < 1.29 is 9.84 Å². The van der Waals surface area contributed by atoms with Crippen LogP contribution in [0.5, 0.6) is 0 Å². The lowest BCUT2D eigenvalue weighted by atomic mass is 10.2. The fourth-order valence-corrected chi connectivity index (χ4v) is 1.60. The smallest absolute Gasteiger partial charge is 0.151 e. The highest BCUT2D eigenvalue weighted by molar-refractivity contribution is 5.42. The number of aromatic nitrogens is 2. The minimum atomic E-state index is -0.0447. The molecule has 0 bridgehead atoms. The molecule has 82 valence electrons. The summed E-state index contributed by atoms with van der Waals surface area (Å²) in [5, 5.41) is 17.0. The Bertz CT molecular complexity index is 316. The maximum Gasteiger partial charge on any atom is 0.151 e. The van der Waals surface area contributed by atoms with Crippen LogP contribution in [0.15, 0.2) is 12.1 Å². The molecule has 1 atom stereocenters. The molecule has 1 aromatic rings. The van der Waals surface area contributed by atoms with Crippen LogP contribution in [0.4, 0.5) is 11.6 Å². The number of nitrogens with zero attached hydrogens (tertiary/aromatic N) is 3. The van der Waals surface area contributed by atoms with E-state index in [9.17, 15) is 5.11 Å². The summed E-state index contributed by atoms with van der Waals surface area (Å²) < 4.78 is 5.27. The summed E-state index contributed by atoms with van der Waals surface area (Å²) >= 11 is 0. The average molecular weight is 210 g/mol. The van der Waals surface area contributed by atoms with E-state index in [1.165, 1.54) is 0 Å². The van der Waals surface area contributed by atoms with Crippen molar-refractivity contribution in [1.82, 2.24) is 10.2 Å². The molecule has 6 heteroatoms. The molecule has 0 aliphatic carbocycles. The van der Waals surface area contributed by atoms with Crippen LogP contribution in [-0.2, 0) is 4.74 Å². The van der Waals surface area contributed by atoms with Gasteiger partial charge in [0.2, 0.25) is 0 Å². The Kier molecular flexibility index (Phi) is 2.98. The van der Waals surface area contributed by atoms with Crippen LogP contribution < -0.4 is 10.6 Å². The number of rotatable bonds is 2. The van der Waals surface area contributed by atoms with E-state index in [1.54, 1.807) is 12.1 Å². The number of aliphatic hydroxyl groups is 1. The standard InChI is InChI=1S/C9H14N4O2/c10-8-1-2-9(12-11-8)13-3-4-15-6-7(13)5-14/h1-2,7,14H,3-6H2,(H2,10,11). The van der Waals surface area contributed by atoms with Crippen molar-refractivity contribution in [3.8, 4) is 0 Å². The number of nitrogen functional groups attached to an aromatic ring is 1. The Balaban J connectivity index is 2.16. The molecule has 15 heavy (non-hydrogen) atoms. The van der Waals surface area contributed by atoms with E-state index in [-0.39, 0.29) is 12.6 Å². The summed E-state index contributed by atoms with van der Waals surface area (Å²) in [5.41, 5.74) is 5.46. The molecule has 0 saturated carbocycles. The lowest BCUT2D eigenvalue weighted by molar-refractivity contribution is 0.0722. The van der Waals surface area contributed by atoms with Crippen molar-refractivity contribution in [2.75, 3.05) is 37.0 Å². The Hall–Kier alpha value is -1.40. The van der Waals surface area contributed by atoms with E-state index in [4.69, 9.17) is 10.5 Å². The lowest BCUT2D eigenvalue weighted by Gasteiger charge is -2.34. The first kappa shape index (κ1) is 10.1. The predicted molar refractivity (Wildman–Crippen MR) is 55.5 cm³/mol. The summed E-state index contributed by atoms with van der Waals surface area (Å²) in [7, 11) is 0. The van der Waals surface area contributed by atoms with Gasteiger partial charge in [-0.15, -0.1) is 10.2 Å². The summed E-state index contributed by atoms with van der Waals surface area (Å²) in [6.07, 6.45) is 0. The summed E-state index contributed by atoms with van der Waals surface area (Å²) in [6, 6.07) is 3.46. The van der Waals surface area contributed by atoms with Gasteiger partial charge < -0.3 is 20.5 Å². The van der Waals surface area contributed by atoms with Crippen molar-refractivity contribution >= 4 is 11.6 Å². The Morgan fingerprint density at radius 1 is 1.53 bits per heavy atom. The van der Waals surface area contributed by atoms with Crippen LogP contribution in [0.1, 0.15) is 0 Å². The number of hydrogen-bond donors (Lipinski definition) is 2. The van der Waals surface area contributed by atoms with E-state index < -0.39 is 0 Å². The Morgan fingerprint density at radius 3 is 3.07 bits per heavy atom. The van der Waals surface area contributed by atoms with Gasteiger partial charge in [0.25, 0.3) is 0 Å². The lowest BCUT2D eigenvalue weighted by Crippen LogP contribution is -2.48. The molecule has 0 spiro atoms. The first-order chi connectivity index (χ1) is 7.31. The van der Waals surface area contributed by atoms with Gasteiger partial charge in [-0.05, 0) is 12.1 Å². The van der Waals surface area contributed by atoms with E-state index in [0.29, 0.717) is 25.6 Å². The third-order valence-corrected chi connectivity index (χ3v) is 2.40. The van der Waals surface area contributed by atoms with Crippen LogP contribution in [0, 0.1) is 0 Å². The van der Waals surface area contributed by atoms with Gasteiger partial charge in [0, 0.05) is 6.54 Å². The second-order valence-corrected chi connectivity index (χ2v) is 3.42. The minimum Gasteiger partial charge on any atom is -0.394 e. The molecule has 6 nitrogen and oxygen atoms in total. The monoisotopic (exact) mass is 210 g/mol. The number of morpholine rings is 1. The van der Waals surface area contributed by atoms with Gasteiger partial charge in [-0.1, -0.05) is 0 Å². The predicted octanol–water partition coefficient (Wildman–Crippen LogP) is -0.744. The third kappa shape index (κ3) is 2.16. The number of aliphatic hydroxyl groups excluding tert-OH is 1. The van der Waals surface area contributed by atoms with Gasteiger partial charge in [-0.2, -0.15) is 0 Å². The first-order valence-corrected chi connectivity index (χ1v) is 4.85. The Morgan fingerprint density at radius 2 is 2.40 bits per heavy atom. The van der Waals surface area contributed by atoms with Gasteiger partial charge in [-0.3, -0.25) is 0 Å². The van der Waals surface area contributed by atoms with Gasteiger partial charge in [-0.25, -0.2) is 0 Å². The quantitative estimate of drug-likeness (QED) is 0.668. The van der Waals surface area contributed by atoms with Crippen molar-refractivity contribution in [1.29, 1.82) is 0 Å². The highest BCUT2D eigenvalue weighted by Crippen LogP contribution is 2.16. The van der Waals surface area contributed by atoms with E-state index in [0.717, 1.165) is 5.82 Å². The fraction of sp³-hybridized carbons (Fsp3) is 0.556. The molecule has 1 saturated heterocycles. The van der Waals surface area contributed by atoms with Gasteiger partial charge in [0.1, 0.15) is 5.82 Å². The fourth-order valence-electron chi connectivity index (χ4n) is 1.60. The zero-order valence-electron chi connectivity index (χ0n) is 8.33. The molecule has 1 aromatic heterocycles. The SMILES string of the molecule is Nc1ccc(N2CCOCC2CO)nn1. The van der Waals surface area contributed by atoms with Crippen molar-refractivity contribution in [3.05, 3.63) is 12.1 Å². The molecule has 3 N–H and O–H groups in total. The summed E-state index contributed by atoms with van der Waals surface area (Å²) in [6.45, 7) is 1.92. The van der Waals surface area contributed by atoms with Crippen LogP contribution in [0.2, 0.25) is 0 Å². The molecule has 2 heterocycles. The zero-order valence-corrected chi connectivity index (χ0v) is 8.33. The molecule has 1 unspecified atom stereocenters. The van der Waals surface area contributed by atoms with Gasteiger partial charge in [0.15, 0.2) is 5.82 Å². The first-order valence-electron chi connectivity index (χ1n) is 4.85. The normalized spacial score (nSPS) is 21.7. The average Bonchev–Trinajstić information content (AvgIpc) is 2.30. The molecule has 0 aromatic carbocycles. The minimum absolute atomic E-state index is 0.0447. The topological polar surface area (TPSA) is 84.5 Å². The van der Waals surface area contributed by atoms with Gasteiger partial charge >= 0.3 is 0 Å². The molecule has 1 aliphatic rings. The molecular formula is C9H14N4O2. The molecule has 2 rings (SSSR count). The van der Waals surface area contributed by atoms with E-state index in [2.05, 4.69) is 10.2 Å². The largest absolute Gasteiger partial charge is 0.394 e. The highest BCUT2D eigenvalue weighted by Gasteiger charge is 2.23. The summed E-state index contributed by atoms with van der Waals surface area (Å²) in [4.78, 5) is 1.98. The van der Waals surface area contributed by atoms with Crippen LogP contribution >= 0.6 is 0 Å². The van der Waals surface area contributed by atoms with Crippen molar-refractivity contribution in [3.63, 3.8) is 0 Å². The zero-order chi connectivity index (χ0) is 10.7. The van der Waals surface area contributed by atoms with E-state index in [1.807, 2.05) is 4.90 Å².